The maximum Gasteiger partial charge on any atom is 0.450 e. The van der Waals surface area contributed by atoms with Crippen LogP contribution in [0.15, 0.2) is 25.7 Å². The molecule has 0 aromatic heterocycles. The molecule has 0 heterocycles. The molecule has 3 nitrogen and oxygen atoms in total. The molecule has 0 amide bonds. The predicted molar refractivity (Wildman–Crippen MR) is 43.8 cm³/mol. The SMILES string of the molecule is C=COP(=S)(OCl)OC=C. The van der Waals surface area contributed by atoms with E-state index in [0.29, 0.717) is 0 Å². The van der Waals surface area contributed by atoms with E-state index in [-0.39, 0.29) is 0 Å². The molecule has 0 radical (unpaired) electrons. The van der Waals surface area contributed by atoms with E-state index in [1.807, 2.05) is 0 Å². The fourth-order valence-electron chi connectivity index (χ4n) is 0.240. The van der Waals surface area contributed by atoms with Gasteiger partial charge in [0.05, 0.1) is 24.4 Å². The second-order valence-corrected chi connectivity index (χ2v) is 4.27. The lowest BCUT2D eigenvalue weighted by molar-refractivity contribution is 0.335. The molecule has 0 aliphatic heterocycles. The van der Waals surface area contributed by atoms with Crippen LogP contribution in [0.4, 0.5) is 0 Å². The summed E-state index contributed by atoms with van der Waals surface area (Å²) >= 11 is 9.64. The third kappa shape index (κ3) is 3.22. The van der Waals surface area contributed by atoms with Gasteiger partial charge in [-0.1, -0.05) is 13.2 Å². The summed E-state index contributed by atoms with van der Waals surface area (Å²) < 4.78 is 13.6. The first-order chi connectivity index (χ1) is 4.68. The van der Waals surface area contributed by atoms with E-state index in [4.69, 9.17) is 11.9 Å². The fourth-order valence-corrected chi connectivity index (χ4v) is 1.28. The molecule has 0 fully saturated rings. The molecule has 0 saturated carbocycles. The molecule has 0 bridgehead atoms. The minimum absolute atomic E-state index is 1.10. The second kappa shape index (κ2) is 4.74. The quantitative estimate of drug-likeness (QED) is 0.504. The van der Waals surface area contributed by atoms with E-state index in [1.54, 1.807) is 0 Å². The largest absolute Gasteiger partial charge is 0.450 e. The molecule has 10 heavy (non-hydrogen) atoms. The van der Waals surface area contributed by atoms with E-state index in [1.165, 1.54) is 0 Å². The molecule has 0 aliphatic rings. The summed E-state index contributed by atoms with van der Waals surface area (Å²) in [6.45, 7) is 3.69. The van der Waals surface area contributed by atoms with Crippen molar-refractivity contribution in [2.45, 2.75) is 0 Å². The van der Waals surface area contributed by atoms with Crippen molar-refractivity contribution in [2.24, 2.45) is 0 Å². The molecule has 0 aliphatic carbocycles. The van der Waals surface area contributed by atoms with E-state index in [9.17, 15) is 0 Å². The van der Waals surface area contributed by atoms with Gasteiger partial charge >= 0.3 is 6.72 Å². The Morgan fingerprint density at radius 3 is 1.90 bits per heavy atom. The van der Waals surface area contributed by atoms with Crippen molar-refractivity contribution in [1.82, 2.24) is 0 Å². The lowest BCUT2D eigenvalue weighted by atomic mass is 11.2. The minimum Gasteiger partial charge on any atom is -0.423 e. The zero-order valence-corrected chi connectivity index (χ0v) is 7.49. The van der Waals surface area contributed by atoms with Gasteiger partial charge in [0.2, 0.25) is 0 Å². The normalized spacial score (nSPS) is 10.1. The Hall–Kier alpha value is -0.0200. The molecule has 0 rings (SSSR count). The van der Waals surface area contributed by atoms with Crippen LogP contribution in [0.3, 0.4) is 0 Å². The minimum atomic E-state index is -2.84. The van der Waals surface area contributed by atoms with E-state index >= 15 is 0 Å². The molecule has 0 unspecified atom stereocenters. The Balaban J connectivity index is 4.07. The third-order valence-corrected chi connectivity index (χ3v) is 3.01. The van der Waals surface area contributed by atoms with Crippen molar-refractivity contribution in [1.29, 1.82) is 0 Å². The van der Waals surface area contributed by atoms with Crippen LogP contribution in [-0.2, 0) is 24.9 Å². The summed E-state index contributed by atoms with van der Waals surface area (Å²) in [4.78, 5) is 0. The van der Waals surface area contributed by atoms with Gasteiger partial charge in [-0.25, -0.2) is 0 Å². The van der Waals surface area contributed by atoms with Crippen molar-refractivity contribution in [3.05, 3.63) is 25.7 Å². The Labute approximate surface area is 69.7 Å². The van der Waals surface area contributed by atoms with Crippen LogP contribution in [0.5, 0.6) is 0 Å². The van der Waals surface area contributed by atoms with Gasteiger partial charge in [-0.2, -0.15) is 4.08 Å². The Morgan fingerprint density at radius 1 is 1.30 bits per heavy atom. The predicted octanol–water partition coefficient (Wildman–Crippen LogP) is 2.70. The first-order valence-electron chi connectivity index (χ1n) is 2.17. The first-order valence-corrected chi connectivity index (χ1v) is 5.04. The van der Waals surface area contributed by atoms with E-state index in [0.717, 1.165) is 12.5 Å². The van der Waals surface area contributed by atoms with Crippen LogP contribution in [-0.4, -0.2) is 0 Å². The van der Waals surface area contributed by atoms with Crippen LogP contribution >= 0.6 is 18.6 Å². The first kappa shape index (κ1) is 9.98. The summed E-state index contributed by atoms with van der Waals surface area (Å²) in [5.74, 6) is 0. The number of rotatable bonds is 5. The lowest BCUT2D eigenvalue weighted by Crippen LogP contribution is -1.83. The van der Waals surface area contributed by atoms with Gasteiger partial charge < -0.3 is 9.05 Å². The summed E-state index contributed by atoms with van der Waals surface area (Å²) in [7, 11) is 0. The molecule has 58 valence electrons. The summed E-state index contributed by atoms with van der Waals surface area (Å²) in [6.07, 6.45) is 2.21. The molecule has 0 spiro atoms. The van der Waals surface area contributed by atoms with Gasteiger partial charge in [0.15, 0.2) is 0 Å². The number of halogens is 1. The third-order valence-electron chi connectivity index (χ3n) is 0.492. The van der Waals surface area contributed by atoms with Gasteiger partial charge in [0.25, 0.3) is 0 Å². The molecule has 0 aromatic carbocycles. The van der Waals surface area contributed by atoms with Gasteiger partial charge in [-0.15, -0.1) is 0 Å². The molecular formula is C4H6ClO3PS. The standard InChI is InChI=1S/C4H6ClO3PS/c1-3-6-9(10,8-5)7-4-2/h3-4H,1-2H2. The van der Waals surface area contributed by atoms with Crippen molar-refractivity contribution in [2.75, 3.05) is 0 Å². The average molecular weight is 201 g/mol. The highest BCUT2D eigenvalue weighted by molar-refractivity contribution is 8.07. The average Bonchev–Trinajstić information content (AvgIpc) is 1.89. The van der Waals surface area contributed by atoms with Crippen molar-refractivity contribution < 1.29 is 13.1 Å². The summed E-state index contributed by atoms with van der Waals surface area (Å²) in [5.41, 5.74) is 0. The van der Waals surface area contributed by atoms with Crippen LogP contribution < -0.4 is 0 Å². The summed E-state index contributed by atoms with van der Waals surface area (Å²) in [6, 6.07) is 0. The van der Waals surface area contributed by atoms with Gasteiger partial charge in [-0.3, -0.25) is 0 Å². The maximum atomic E-state index is 4.97. The van der Waals surface area contributed by atoms with Gasteiger partial charge in [0.1, 0.15) is 0 Å². The van der Waals surface area contributed by atoms with Crippen molar-refractivity contribution in [3.63, 3.8) is 0 Å². The maximum absolute atomic E-state index is 4.97. The molecule has 0 aromatic rings. The zero-order valence-electron chi connectivity index (χ0n) is 5.03. The Kier molecular flexibility index (Phi) is 4.73. The van der Waals surface area contributed by atoms with Crippen molar-refractivity contribution in [3.8, 4) is 0 Å². The van der Waals surface area contributed by atoms with Gasteiger partial charge in [0, 0.05) is 11.8 Å². The van der Waals surface area contributed by atoms with E-state index in [2.05, 4.69) is 38.1 Å². The highest BCUT2D eigenvalue weighted by atomic mass is 35.5. The fraction of sp³-hybridized carbons (Fsp3) is 0. The van der Waals surface area contributed by atoms with Crippen LogP contribution in [0.2, 0.25) is 0 Å². The molecular weight excluding hydrogens is 195 g/mol. The topological polar surface area (TPSA) is 27.7 Å². The molecule has 0 N–H and O–H groups in total. The highest BCUT2D eigenvalue weighted by Gasteiger charge is 2.18. The summed E-state index contributed by atoms with van der Waals surface area (Å²) in [5, 5.41) is 0. The van der Waals surface area contributed by atoms with E-state index < -0.39 is 6.72 Å². The van der Waals surface area contributed by atoms with Gasteiger partial charge in [-0.05, 0) is 0 Å². The van der Waals surface area contributed by atoms with Crippen molar-refractivity contribution >= 4 is 30.4 Å². The number of hydrogen-bond donors (Lipinski definition) is 0. The highest BCUT2D eigenvalue weighted by Crippen LogP contribution is 2.51. The monoisotopic (exact) mass is 200 g/mol. The molecule has 0 saturated heterocycles. The lowest BCUT2D eigenvalue weighted by Gasteiger charge is -2.12. The van der Waals surface area contributed by atoms with Crippen LogP contribution in [0, 0.1) is 0 Å². The Morgan fingerprint density at radius 2 is 1.70 bits per heavy atom. The smallest absolute Gasteiger partial charge is 0.423 e. The number of hydrogen-bond acceptors (Lipinski definition) is 4. The van der Waals surface area contributed by atoms with Crippen LogP contribution in [0.1, 0.15) is 0 Å². The molecule has 0 atom stereocenters. The Bertz CT molecular complexity index is 158. The van der Waals surface area contributed by atoms with Crippen LogP contribution in [0.25, 0.3) is 0 Å². The molecule has 6 heteroatoms. The second-order valence-electron chi connectivity index (χ2n) is 1.06. The zero-order chi connectivity index (χ0) is 8.04.